The van der Waals surface area contributed by atoms with E-state index >= 15 is 0 Å². The quantitative estimate of drug-likeness (QED) is 0.150. The van der Waals surface area contributed by atoms with Crippen LogP contribution in [0.4, 0.5) is 0 Å². The number of nitrogens with zero attached hydrogens (tertiary/aromatic N) is 3. The second-order valence-electron chi connectivity index (χ2n) is 15.9. The standard InChI is InChI=1S/C59H37N3S/c1-4-12-38(13-5-1)40-20-26-43(27-21-40)52-37-53(62-59(61-52)46-30-24-41(25-31-46)39-14-6-2-7-15-39)44-28-22-42(23-29-44)47-32-34-51-50(36-47)56-49(58(60-51)45-16-8-3-9-17-45)33-35-55-57(56)48-18-10-11-19-54(48)63-55/h1-37H. The van der Waals surface area contributed by atoms with E-state index in [9.17, 15) is 0 Å². The fourth-order valence-corrected chi connectivity index (χ4v) is 10.0. The van der Waals surface area contributed by atoms with Crippen LogP contribution in [-0.4, -0.2) is 15.0 Å². The summed E-state index contributed by atoms with van der Waals surface area (Å²) in [5.74, 6) is 0.689. The summed E-state index contributed by atoms with van der Waals surface area (Å²) in [5.41, 5.74) is 14.9. The first-order valence-corrected chi connectivity index (χ1v) is 22.1. The van der Waals surface area contributed by atoms with Gasteiger partial charge in [-0.3, -0.25) is 0 Å². The minimum Gasteiger partial charge on any atom is -0.247 e. The highest BCUT2D eigenvalue weighted by atomic mass is 32.1. The van der Waals surface area contributed by atoms with Crippen LogP contribution in [0.1, 0.15) is 0 Å². The molecule has 3 nitrogen and oxygen atoms in total. The zero-order chi connectivity index (χ0) is 41.7. The predicted molar refractivity (Wildman–Crippen MR) is 266 cm³/mol. The lowest BCUT2D eigenvalue weighted by Crippen LogP contribution is -1.96. The van der Waals surface area contributed by atoms with Crippen LogP contribution in [0.25, 0.3) is 120 Å². The summed E-state index contributed by atoms with van der Waals surface area (Å²) in [4.78, 5) is 15.7. The van der Waals surface area contributed by atoms with Crippen LogP contribution in [0.3, 0.4) is 0 Å². The maximum Gasteiger partial charge on any atom is 0.160 e. The van der Waals surface area contributed by atoms with E-state index in [0.717, 1.165) is 72.3 Å². The van der Waals surface area contributed by atoms with E-state index < -0.39 is 0 Å². The normalized spacial score (nSPS) is 11.5. The number of aromatic nitrogens is 3. The first kappa shape index (κ1) is 36.8. The molecule has 63 heavy (non-hydrogen) atoms. The van der Waals surface area contributed by atoms with Gasteiger partial charge in [0.15, 0.2) is 5.82 Å². The lowest BCUT2D eigenvalue weighted by Gasteiger charge is -2.13. The second kappa shape index (κ2) is 15.4. The molecular formula is C59H37N3S. The van der Waals surface area contributed by atoms with Crippen LogP contribution in [0.2, 0.25) is 0 Å². The minimum atomic E-state index is 0.689. The largest absolute Gasteiger partial charge is 0.247 e. The summed E-state index contributed by atoms with van der Waals surface area (Å²) in [6.07, 6.45) is 0. The molecule has 0 atom stereocenters. The smallest absolute Gasteiger partial charge is 0.160 e. The molecule has 0 bridgehead atoms. The molecule has 0 radical (unpaired) electrons. The van der Waals surface area contributed by atoms with Crippen molar-refractivity contribution in [2.24, 2.45) is 0 Å². The van der Waals surface area contributed by atoms with E-state index in [1.54, 1.807) is 0 Å². The van der Waals surface area contributed by atoms with Crippen molar-refractivity contribution in [2.75, 3.05) is 0 Å². The molecule has 0 aliphatic carbocycles. The van der Waals surface area contributed by atoms with E-state index in [4.69, 9.17) is 15.0 Å². The summed E-state index contributed by atoms with van der Waals surface area (Å²) in [6.45, 7) is 0. The first-order chi connectivity index (χ1) is 31.2. The van der Waals surface area contributed by atoms with Crippen molar-refractivity contribution in [1.29, 1.82) is 0 Å². The van der Waals surface area contributed by atoms with Crippen molar-refractivity contribution in [3.63, 3.8) is 0 Å². The molecule has 3 heterocycles. The van der Waals surface area contributed by atoms with E-state index in [2.05, 4.69) is 212 Å². The minimum absolute atomic E-state index is 0.689. The van der Waals surface area contributed by atoms with E-state index in [1.165, 1.54) is 42.2 Å². The molecule has 4 heteroatoms. The third-order valence-corrected chi connectivity index (χ3v) is 13.3. The van der Waals surface area contributed by atoms with Crippen LogP contribution in [0.15, 0.2) is 224 Å². The number of thiophene rings is 1. The highest BCUT2D eigenvalue weighted by molar-refractivity contribution is 7.26. The predicted octanol–water partition coefficient (Wildman–Crippen LogP) is 16.2. The van der Waals surface area contributed by atoms with Gasteiger partial charge in [-0.05, 0) is 63.7 Å². The molecule has 0 unspecified atom stereocenters. The number of pyridine rings is 1. The summed E-state index contributed by atoms with van der Waals surface area (Å²) < 4.78 is 2.58. The van der Waals surface area contributed by atoms with Gasteiger partial charge < -0.3 is 0 Å². The Kier molecular flexibility index (Phi) is 9.02. The average molecular weight is 820 g/mol. The molecular weight excluding hydrogens is 783 g/mol. The molecule has 294 valence electrons. The topological polar surface area (TPSA) is 38.7 Å². The van der Waals surface area contributed by atoms with Gasteiger partial charge >= 0.3 is 0 Å². The van der Waals surface area contributed by atoms with Gasteiger partial charge in [0, 0.05) is 58.6 Å². The Hall–Kier alpha value is -8.05. The summed E-state index contributed by atoms with van der Waals surface area (Å²) in [6, 6.07) is 79.7. The molecule has 0 amide bonds. The number of benzene rings is 9. The number of fused-ring (bicyclic) bond motifs is 7. The van der Waals surface area contributed by atoms with Gasteiger partial charge in [0.05, 0.1) is 22.6 Å². The average Bonchev–Trinajstić information content (AvgIpc) is 3.76. The van der Waals surface area contributed by atoms with Crippen molar-refractivity contribution in [3.8, 4) is 78.5 Å². The van der Waals surface area contributed by atoms with Gasteiger partial charge in [-0.2, -0.15) is 0 Å². The summed E-state index contributed by atoms with van der Waals surface area (Å²) in [5, 5.41) is 6.15. The molecule has 9 aromatic carbocycles. The van der Waals surface area contributed by atoms with Crippen LogP contribution in [0.5, 0.6) is 0 Å². The highest BCUT2D eigenvalue weighted by Crippen LogP contribution is 2.44. The Balaban J connectivity index is 0.962. The Labute approximate surface area is 369 Å². The molecule has 3 aromatic heterocycles. The monoisotopic (exact) mass is 819 g/mol. The summed E-state index contributed by atoms with van der Waals surface area (Å²) >= 11 is 1.85. The third-order valence-electron chi connectivity index (χ3n) is 12.1. The van der Waals surface area contributed by atoms with Crippen molar-refractivity contribution < 1.29 is 0 Å². The van der Waals surface area contributed by atoms with Crippen molar-refractivity contribution in [1.82, 2.24) is 15.0 Å². The fraction of sp³-hybridized carbons (Fsp3) is 0. The molecule has 12 rings (SSSR count). The molecule has 0 aliphatic heterocycles. The van der Waals surface area contributed by atoms with Crippen molar-refractivity contribution >= 4 is 53.2 Å². The van der Waals surface area contributed by atoms with Crippen LogP contribution >= 0.6 is 11.3 Å². The number of hydrogen-bond donors (Lipinski definition) is 0. The maximum atomic E-state index is 5.33. The van der Waals surface area contributed by atoms with Crippen molar-refractivity contribution in [2.45, 2.75) is 0 Å². The maximum absolute atomic E-state index is 5.33. The van der Waals surface area contributed by atoms with Gasteiger partial charge in [-0.25, -0.2) is 15.0 Å². The summed E-state index contributed by atoms with van der Waals surface area (Å²) in [7, 11) is 0. The number of hydrogen-bond acceptors (Lipinski definition) is 4. The SMILES string of the molecule is c1ccc(-c2ccc(-c3cc(-c4ccc(-c5ccc6nc(-c7ccccc7)c7ccc8sc9ccccc9c8c7c6c5)cc4)nc(-c4ccc(-c5ccccc5)cc4)n3)cc2)cc1. The van der Waals surface area contributed by atoms with Gasteiger partial charge in [-0.15, -0.1) is 11.3 Å². The molecule has 0 fully saturated rings. The third kappa shape index (κ3) is 6.74. The molecule has 0 N–H and O–H groups in total. The molecule has 0 aliphatic rings. The zero-order valence-electron chi connectivity index (χ0n) is 34.1. The van der Waals surface area contributed by atoms with E-state index in [-0.39, 0.29) is 0 Å². The highest BCUT2D eigenvalue weighted by Gasteiger charge is 2.18. The molecule has 0 spiro atoms. The zero-order valence-corrected chi connectivity index (χ0v) is 34.9. The lowest BCUT2D eigenvalue weighted by atomic mass is 9.94. The van der Waals surface area contributed by atoms with E-state index in [1.807, 2.05) is 23.5 Å². The lowest BCUT2D eigenvalue weighted by molar-refractivity contribution is 1.18. The van der Waals surface area contributed by atoms with Gasteiger partial charge in [-0.1, -0.05) is 194 Å². The van der Waals surface area contributed by atoms with Crippen LogP contribution in [0, 0.1) is 0 Å². The van der Waals surface area contributed by atoms with Gasteiger partial charge in [0.25, 0.3) is 0 Å². The Morgan fingerprint density at radius 2 is 0.746 bits per heavy atom. The Morgan fingerprint density at radius 3 is 1.35 bits per heavy atom. The molecule has 12 aromatic rings. The van der Waals surface area contributed by atoms with Gasteiger partial charge in [0.1, 0.15) is 0 Å². The molecule has 0 saturated heterocycles. The first-order valence-electron chi connectivity index (χ1n) is 21.2. The van der Waals surface area contributed by atoms with Crippen LogP contribution in [-0.2, 0) is 0 Å². The number of rotatable bonds is 7. The van der Waals surface area contributed by atoms with E-state index in [0.29, 0.717) is 5.82 Å². The van der Waals surface area contributed by atoms with Crippen molar-refractivity contribution in [3.05, 3.63) is 224 Å². The fourth-order valence-electron chi connectivity index (χ4n) is 8.92. The molecule has 0 saturated carbocycles. The van der Waals surface area contributed by atoms with Crippen LogP contribution < -0.4 is 0 Å². The Bertz CT molecular complexity index is 3520. The Morgan fingerprint density at radius 1 is 0.270 bits per heavy atom. The van der Waals surface area contributed by atoms with Gasteiger partial charge in [0.2, 0.25) is 0 Å². The second-order valence-corrected chi connectivity index (χ2v) is 17.0.